The summed E-state index contributed by atoms with van der Waals surface area (Å²) < 4.78 is 0. The van der Waals surface area contributed by atoms with E-state index in [1.807, 2.05) is 0 Å². The molecule has 3 atom stereocenters. The lowest BCUT2D eigenvalue weighted by Gasteiger charge is -2.55. The largest absolute Gasteiger partial charge is 0.478 e. The van der Waals surface area contributed by atoms with Crippen LogP contribution in [-0.2, 0) is 4.79 Å². The van der Waals surface area contributed by atoms with Crippen LogP contribution < -0.4 is 0 Å². The van der Waals surface area contributed by atoms with E-state index < -0.39 is 11.6 Å². The van der Waals surface area contributed by atoms with Crippen LogP contribution in [0.2, 0.25) is 0 Å². The van der Waals surface area contributed by atoms with Gasteiger partial charge in [-0.1, -0.05) is 20.1 Å². The Bertz CT molecular complexity index is 412. The molecule has 0 bridgehead atoms. The maximum absolute atomic E-state index is 11.0. The third-order valence-electron chi connectivity index (χ3n) is 5.14. The normalized spacial score (nSPS) is 40.1. The Hall–Kier alpha value is -1.09. The summed E-state index contributed by atoms with van der Waals surface area (Å²) in [6, 6.07) is 0. The zero-order valence-electron chi connectivity index (χ0n) is 11.0. The highest BCUT2D eigenvalue weighted by Gasteiger charge is 2.54. The van der Waals surface area contributed by atoms with Crippen LogP contribution in [0.25, 0.3) is 0 Å². The van der Waals surface area contributed by atoms with Gasteiger partial charge in [0.05, 0.1) is 5.60 Å². The Morgan fingerprint density at radius 1 is 1.44 bits per heavy atom. The van der Waals surface area contributed by atoms with Crippen molar-refractivity contribution in [2.75, 3.05) is 0 Å². The average Bonchev–Trinajstić information content (AvgIpc) is 2.30. The molecule has 3 heteroatoms. The van der Waals surface area contributed by atoms with E-state index in [9.17, 15) is 9.90 Å². The van der Waals surface area contributed by atoms with Gasteiger partial charge in [-0.15, -0.1) is 0 Å². The van der Waals surface area contributed by atoms with Gasteiger partial charge in [-0.2, -0.15) is 0 Å². The number of carboxylic acid groups (broad SMARTS) is 1. The lowest BCUT2D eigenvalue weighted by molar-refractivity contribution is -0.135. The third kappa shape index (κ3) is 1.81. The van der Waals surface area contributed by atoms with Crippen LogP contribution in [0.5, 0.6) is 0 Å². The molecule has 0 heterocycles. The summed E-state index contributed by atoms with van der Waals surface area (Å²) in [6.07, 6.45) is 5.03. The van der Waals surface area contributed by atoms with Crippen molar-refractivity contribution in [1.29, 1.82) is 0 Å². The molecule has 2 rings (SSSR count). The molecule has 0 aromatic rings. The fourth-order valence-corrected chi connectivity index (χ4v) is 3.68. The molecule has 0 aliphatic heterocycles. The molecule has 0 amide bonds. The first-order valence-electron chi connectivity index (χ1n) is 6.63. The number of fused-ring (bicyclic) bond motifs is 1. The number of carbonyl (C=O) groups is 1. The van der Waals surface area contributed by atoms with Crippen molar-refractivity contribution >= 4 is 5.97 Å². The number of hydrogen-bond acceptors (Lipinski definition) is 2. The van der Waals surface area contributed by atoms with Gasteiger partial charge in [0.15, 0.2) is 0 Å². The molecular weight excluding hydrogens is 228 g/mol. The number of hydrogen-bond donors (Lipinski definition) is 2. The summed E-state index contributed by atoms with van der Waals surface area (Å²) in [7, 11) is 0. The summed E-state index contributed by atoms with van der Waals surface area (Å²) in [6.45, 7) is 9.79. The number of carboxylic acids is 1. The van der Waals surface area contributed by atoms with E-state index in [2.05, 4.69) is 20.1 Å². The molecule has 100 valence electrons. The van der Waals surface area contributed by atoms with Gasteiger partial charge in [-0.05, 0) is 50.0 Å². The summed E-state index contributed by atoms with van der Waals surface area (Å²) >= 11 is 0. The van der Waals surface area contributed by atoms with Gasteiger partial charge >= 0.3 is 5.97 Å². The molecule has 2 saturated carbocycles. The molecule has 3 nitrogen and oxygen atoms in total. The van der Waals surface area contributed by atoms with Crippen molar-refractivity contribution in [3.05, 3.63) is 24.3 Å². The molecule has 0 aromatic carbocycles. The third-order valence-corrected chi connectivity index (χ3v) is 5.14. The van der Waals surface area contributed by atoms with Gasteiger partial charge in [-0.25, -0.2) is 4.79 Å². The maximum atomic E-state index is 11.0. The van der Waals surface area contributed by atoms with Gasteiger partial charge in [0.1, 0.15) is 0 Å². The van der Waals surface area contributed by atoms with Gasteiger partial charge in [0, 0.05) is 11.0 Å². The first-order chi connectivity index (χ1) is 8.30. The fourth-order valence-electron chi connectivity index (χ4n) is 3.68. The highest BCUT2D eigenvalue weighted by atomic mass is 16.4. The standard InChI is InChI=1S/C15H22O3/c1-10-5-4-7-14(3)8-6-12(9-15(10,14)18)11(2)13(16)17/h12,18H,1-2,4-9H2,3H3,(H,16,17)/t12?,14-,15+/m1/s1. The summed E-state index contributed by atoms with van der Waals surface area (Å²) in [5.74, 6) is -1.08. The minimum atomic E-state index is -0.950. The predicted octanol–water partition coefficient (Wildman–Crippen LogP) is 2.90. The van der Waals surface area contributed by atoms with Crippen molar-refractivity contribution in [2.24, 2.45) is 11.3 Å². The average molecular weight is 250 g/mol. The molecule has 0 radical (unpaired) electrons. The van der Waals surface area contributed by atoms with Crippen molar-refractivity contribution in [1.82, 2.24) is 0 Å². The maximum Gasteiger partial charge on any atom is 0.331 e. The van der Waals surface area contributed by atoms with Crippen LogP contribution in [-0.4, -0.2) is 21.8 Å². The molecule has 0 saturated heterocycles. The zero-order chi connectivity index (χ0) is 13.6. The SMILES string of the molecule is C=C(C(=O)O)C1CC[C@@]2(C)CCCC(=C)[C@@]2(O)C1. The van der Waals surface area contributed by atoms with Gasteiger partial charge in [0.25, 0.3) is 0 Å². The number of aliphatic hydroxyl groups is 1. The van der Waals surface area contributed by atoms with E-state index in [0.29, 0.717) is 6.42 Å². The first kappa shape index (κ1) is 13.3. The van der Waals surface area contributed by atoms with Crippen LogP contribution in [0.15, 0.2) is 24.3 Å². The minimum absolute atomic E-state index is 0.129. The minimum Gasteiger partial charge on any atom is -0.478 e. The van der Waals surface area contributed by atoms with E-state index in [1.165, 1.54) is 0 Å². The second kappa shape index (κ2) is 4.23. The van der Waals surface area contributed by atoms with E-state index in [4.69, 9.17) is 5.11 Å². The van der Waals surface area contributed by atoms with E-state index in [0.717, 1.165) is 37.7 Å². The Balaban J connectivity index is 2.26. The second-order valence-corrected chi connectivity index (χ2v) is 6.15. The summed E-state index contributed by atoms with van der Waals surface area (Å²) in [4.78, 5) is 11.0. The molecule has 0 aromatic heterocycles. The van der Waals surface area contributed by atoms with Crippen molar-refractivity contribution in [3.8, 4) is 0 Å². The fraction of sp³-hybridized carbons (Fsp3) is 0.667. The number of rotatable bonds is 2. The van der Waals surface area contributed by atoms with E-state index in [-0.39, 0.29) is 16.9 Å². The highest BCUT2D eigenvalue weighted by Crippen LogP contribution is 2.56. The topological polar surface area (TPSA) is 57.5 Å². The Morgan fingerprint density at radius 2 is 2.11 bits per heavy atom. The highest BCUT2D eigenvalue weighted by molar-refractivity contribution is 5.86. The molecule has 2 aliphatic rings. The van der Waals surface area contributed by atoms with Crippen molar-refractivity contribution in [3.63, 3.8) is 0 Å². The summed E-state index contributed by atoms with van der Waals surface area (Å²) in [5, 5.41) is 20.0. The van der Waals surface area contributed by atoms with Gasteiger partial charge in [0.2, 0.25) is 0 Å². The monoisotopic (exact) mass is 250 g/mol. The van der Waals surface area contributed by atoms with Crippen LogP contribution in [0.1, 0.15) is 45.4 Å². The Labute approximate surface area is 108 Å². The van der Waals surface area contributed by atoms with E-state index in [1.54, 1.807) is 0 Å². The van der Waals surface area contributed by atoms with E-state index >= 15 is 0 Å². The molecule has 0 spiro atoms. The molecule has 2 aliphatic carbocycles. The summed E-state index contributed by atoms with van der Waals surface area (Å²) in [5.41, 5.74) is 0.0486. The molecular formula is C15H22O3. The van der Waals surface area contributed by atoms with Gasteiger partial charge < -0.3 is 10.2 Å². The Morgan fingerprint density at radius 3 is 2.72 bits per heavy atom. The van der Waals surface area contributed by atoms with Crippen molar-refractivity contribution in [2.45, 2.75) is 51.0 Å². The zero-order valence-corrected chi connectivity index (χ0v) is 11.0. The molecule has 18 heavy (non-hydrogen) atoms. The number of aliphatic carboxylic acids is 1. The quantitative estimate of drug-likeness (QED) is 0.585. The lowest BCUT2D eigenvalue weighted by atomic mass is 9.53. The van der Waals surface area contributed by atoms with Crippen LogP contribution in [0.4, 0.5) is 0 Å². The van der Waals surface area contributed by atoms with Gasteiger partial charge in [-0.3, -0.25) is 0 Å². The second-order valence-electron chi connectivity index (χ2n) is 6.15. The smallest absolute Gasteiger partial charge is 0.331 e. The molecule has 2 N–H and O–H groups in total. The van der Waals surface area contributed by atoms with Crippen LogP contribution >= 0.6 is 0 Å². The molecule has 2 fully saturated rings. The van der Waals surface area contributed by atoms with Crippen LogP contribution in [0, 0.1) is 11.3 Å². The Kier molecular flexibility index (Phi) is 3.14. The molecule has 1 unspecified atom stereocenters. The van der Waals surface area contributed by atoms with Crippen molar-refractivity contribution < 1.29 is 15.0 Å². The predicted molar refractivity (Wildman–Crippen MR) is 70.2 cm³/mol. The van der Waals surface area contributed by atoms with Crippen LogP contribution in [0.3, 0.4) is 0 Å². The first-order valence-corrected chi connectivity index (χ1v) is 6.63. The lowest BCUT2D eigenvalue weighted by Crippen LogP contribution is -2.54.